The summed E-state index contributed by atoms with van der Waals surface area (Å²) < 4.78 is 5.13. The molecule has 0 saturated carbocycles. The maximum absolute atomic E-state index is 11.6. The average Bonchev–Trinajstić information content (AvgIpc) is 2.75. The Kier molecular flexibility index (Phi) is 4.18. The van der Waals surface area contributed by atoms with Crippen LogP contribution in [0, 0.1) is 13.8 Å². The number of amides is 1. The predicted molar refractivity (Wildman–Crippen MR) is 71.5 cm³/mol. The summed E-state index contributed by atoms with van der Waals surface area (Å²) in [6.45, 7) is 4.51. The van der Waals surface area contributed by atoms with E-state index in [4.69, 9.17) is 4.74 Å². The first-order valence-electron chi connectivity index (χ1n) is 6.12. The number of hydrogen-bond acceptors (Lipinski definition) is 3. The number of aryl methyl sites for hydroxylation is 2. The third-order valence-electron chi connectivity index (χ3n) is 2.90. The molecule has 2 rings (SSSR count). The van der Waals surface area contributed by atoms with Crippen molar-refractivity contribution in [3.05, 3.63) is 52.8 Å². The maximum atomic E-state index is 11.6. The summed E-state index contributed by atoms with van der Waals surface area (Å²) in [6.07, 6.45) is -0.427. The quantitative estimate of drug-likeness (QED) is 0.886. The van der Waals surface area contributed by atoms with Gasteiger partial charge in [0.15, 0.2) is 0 Å². The van der Waals surface area contributed by atoms with Crippen LogP contribution >= 0.6 is 0 Å². The molecule has 2 N–H and O–H groups in total. The summed E-state index contributed by atoms with van der Waals surface area (Å²) in [7, 11) is 0. The van der Waals surface area contributed by atoms with E-state index in [1.54, 1.807) is 0 Å². The van der Waals surface area contributed by atoms with Gasteiger partial charge in [0, 0.05) is 17.8 Å². The fraction of sp³-hybridized carbons (Fsp3) is 0.286. The first kappa shape index (κ1) is 13.1. The first-order chi connectivity index (χ1) is 9.16. The van der Waals surface area contributed by atoms with Gasteiger partial charge in [0.2, 0.25) is 0 Å². The maximum Gasteiger partial charge on any atom is 0.407 e. The molecule has 5 heteroatoms. The summed E-state index contributed by atoms with van der Waals surface area (Å²) in [5, 5.41) is 9.66. The van der Waals surface area contributed by atoms with Gasteiger partial charge in [-0.25, -0.2) is 4.79 Å². The van der Waals surface area contributed by atoms with Crippen LogP contribution in [0.1, 0.15) is 22.5 Å². The van der Waals surface area contributed by atoms with Gasteiger partial charge in [-0.15, -0.1) is 0 Å². The standard InChI is InChI=1S/C14H17N3O2/c1-10-13(11(2)17-16-10)8-15-14(18)19-9-12-6-4-3-5-7-12/h3-7H,8-9H2,1-2H3,(H,15,18)(H,16,17). The molecule has 100 valence electrons. The molecule has 0 spiro atoms. The van der Waals surface area contributed by atoms with Gasteiger partial charge in [0.05, 0.1) is 5.69 Å². The molecule has 1 aromatic heterocycles. The zero-order valence-electron chi connectivity index (χ0n) is 11.1. The number of rotatable bonds is 4. The van der Waals surface area contributed by atoms with Gasteiger partial charge in [-0.2, -0.15) is 5.10 Å². The molecular weight excluding hydrogens is 242 g/mol. The zero-order chi connectivity index (χ0) is 13.7. The summed E-state index contributed by atoms with van der Waals surface area (Å²) in [4.78, 5) is 11.6. The second-order valence-corrected chi connectivity index (χ2v) is 4.33. The summed E-state index contributed by atoms with van der Waals surface area (Å²) in [6, 6.07) is 9.58. The second kappa shape index (κ2) is 6.04. The van der Waals surface area contributed by atoms with Crippen molar-refractivity contribution in [3.63, 3.8) is 0 Å². The van der Waals surface area contributed by atoms with E-state index in [9.17, 15) is 4.79 Å². The molecule has 5 nitrogen and oxygen atoms in total. The third kappa shape index (κ3) is 3.58. The number of benzene rings is 1. The van der Waals surface area contributed by atoms with E-state index in [-0.39, 0.29) is 6.61 Å². The lowest BCUT2D eigenvalue weighted by atomic mass is 10.2. The Morgan fingerprint density at radius 1 is 1.32 bits per heavy atom. The van der Waals surface area contributed by atoms with Crippen LogP contribution in [-0.4, -0.2) is 16.3 Å². The molecule has 1 aromatic carbocycles. The Labute approximate surface area is 112 Å². The number of nitrogens with one attached hydrogen (secondary N) is 2. The highest BCUT2D eigenvalue weighted by Gasteiger charge is 2.08. The van der Waals surface area contributed by atoms with Crippen LogP contribution in [0.5, 0.6) is 0 Å². The number of hydrogen-bond donors (Lipinski definition) is 2. The lowest BCUT2D eigenvalue weighted by Crippen LogP contribution is -2.24. The highest BCUT2D eigenvalue weighted by atomic mass is 16.5. The lowest BCUT2D eigenvalue weighted by molar-refractivity contribution is 0.139. The fourth-order valence-corrected chi connectivity index (χ4v) is 1.77. The number of carbonyl (C=O) groups is 1. The van der Waals surface area contributed by atoms with Gasteiger partial charge >= 0.3 is 6.09 Å². The highest BCUT2D eigenvalue weighted by Crippen LogP contribution is 2.08. The Bertz CT molecular complexity index is 530. The molecule has 0 aliphatic carbocycles. The van der Waals surface area contributed by atoms with E-state index in [1.165, 1.54) is 0 Å². The van der Waals surface area contributed by atoms with Gasteiger partial charge in [-0.1, -0.05) is 30.3 Å². The number of carbonyl (C=O) groups excluding carboxylic acids is 1. The predicted octanol–water partition coefficient (Wildman–Crippen LogP) is 2.45. The third-order valence-corrected chi connectivity index (χ3v) is 2.90. The van der Waals surface area contributed by atoms with Gasteiger partial charge in [0.25, 0.3) is 0 Å². The molecule has 0 fully saturated rings. The van der Waals surface area contributed by atoms with Crippen LogP contribution in [0.4, 0.5) is 4.79 Å². The molecule has 19 heavy (non-hydrogen) atoms. The van der Waals surface area contributed by atoms with Gasteiger partial charge in [-0.3, -0.25) is 5.10 Å². The molecule has 0 radical (unpaired) electrons. The Balaban J connectivity index is 1.79. The van der Waals surface area contributed by atoms with E-state index in [2.05, 4.69) is 15.5 Å². The van der Waals surface area contributed by atoms with Crippen molar-refractivity contribution in [1.82, 2.24) is 15.5 Å². The molecule has 0 aliphatic heterocycles. The minimum absolute atomic E-state index is 0.274. The largest absolute Gasteiger partial charge is 0.445 e. The van der Waals surface area contributed by atoms with Crippen molar-refractivity contribution >= 4 is 6.09 Å². The van der Waals surface area contributed by atoms with E-state index in [1.807, 2.05) is 44.2 Å². The van der Waals surface area contributed by atoms with Crippen LogP contribution < -0.4 is 5.32 Å². The van der Waals surface area contributed by atoms with E-state index in [0.717, 1.165) is 22.5 Å². The number of nitrogens with zero attached hydrogens (tertiary/aromatic N) is 1. The fourth-order valence-electron chi connectivity index (χ4n) is 1.77. The van der Waals surface area contributed by atoms with Crippen LogP contribution in [-0.2, 0) is 17.9 Å². The summed E-state index contributed by atoms with van der Waals surface area (Å²) in [5.74, 6) is 0. The normalized spacial score (nSPS) is 10.2. The summed E-state index contributed by atoms with van der Waals surface area (Å²) in [5.41, 5.74) is 3.81. The Hall–Kier alpha value is -2.30. The van der Waals surface area contributed by atoms with Crippen molar-refractivity contribution in [2.45, 2.75) is 27.0 Å². The number of alkyl carbamates (subject to hydrolysis) is 1. The molecule has 0 aliphatic rings. The van der Waals surface area contributed by atoms with Crippen LogP contribution in [0.15, 0.2) is 30.3 Å². The van der Waals surface area contributed by atoms with Crippen LogP contribution in [0.3, 0.4) is 0 Å². The zero-order valence-corrected chi connectivity index (χ0v) is 11.1. The number of ether oxygens (including phenoxy) is 1. The van der Waals surface area contributed by atoms with Crippen LogP contribution in [0.2, 0.25) is 0 Å². The van der Waals surface area contributed by atoms with E-state index >= 15 is 0 Å². The molecule has 2 aromatic rings. The minimum atomic E-state index is -0.427. The van der Waals surface area contributed by atoms with Gasteiger partial charge in [-0.05, 0) is 19.4 Å². The lowest BCUT2D eigenvalue weighted by Gasteiger charge is -2.07. The number of aromatic nitrogens is 2. The molecule has 0 unspecified atom stereocenters. The van der Waals surface area contributed by atoms with Crippen molar-refractivity contribution < 1.29 is 9.53 Å². The average molecular weight is 259 g/mol. The monoisotopic (exact) mass is 259 g/mol. The van der Waals surface area contributed by atoms with Crippen molar-refractivity contribution in [1.29, 1.82) is 0 Å². The van der Waals surface area contributed by atoms with Gasteiger partial charge < -0.3 is 10.1 Å². The Morgan fingerprint density at radius 3 is 2.68 bits per heavy atom. The highest BCUT2D eigenvalue weighted by molar-refractivity contribution is 5.67. The topological polar surface area (TPSA) is 67.0 Å². The molecule has 1 heterocycles. The number of aromatic amines is 1. The van der Waals surface area contributed by atoms with Gasteiger partial charge in [0.1, 0.15) is 6.61 Å². The smallest absolute Gasteiger partial charge is 0.407 e. The van der Waals surface area contributed by atoms with Crippen LogP contribution in [0.25, 0.3) is 0 Å². The number of H-pyrrole nitrogens is 1. The minimum Gasteiger partial charge on any atom is -0.445 e. The van der Waals surface area contributed by atoms with Crippen molar-refractivity contribution in [2.75, 3.05) is 0 Å². The second-order valence-electron chi connectivity index (χ2n) is 4.33. The SMILES string of the molecule is Cc1n[nH]c(C)c1CNC(=O)OCc1ccccc1. The van der Waals surface area contributed by atoms with Crippen molar-refractivity contribution in [2.24, 2.45) is 0 Å². The summed E-state index contributed by atoms with van der Waals surface area (Å²) >= 11 is 0. The molecule has 0 saturated heterocycles. The molecular formula is C14H17N3O2. The molecule has 0 atom stereocenters. The van der Waals surface area contributed by atoms with E-state index in [0.29, 0.717) is 6.54 Å². The first-order valence-corrected chi connectivity index (χ1v) is 6.12. The Morgan fingerprint density at radius 2 is 2.05 bits per heavy atom. The molecule has 0 bridgehead atoms. The van der Waals surface area contributed by atoms with Crippen molar-refractivity contribution in [3.8, 4) is 0 Å². The van der Waals surface area contributed by atoms with E-state index < -0.39 is 6.09 Å². The molecule has 1 amide bonds.